The Balaban J connectivity index is 1.52. The van der Waals surface area contributed by atoms with Crippen LogP contribution in [0.15, 0.2) is 59.3 Å². The Labute approximate surface area is 147 Å². The average Bonchev–Trinajstić information content (AvgIpc) is 3.23. The van der Waals surface area contributed by atoms with Crippen LogP contribution in [-0.4, -0.2) is 20.5 Å². The molecule has 1 aromatic carbocycles. The number of imidazole rings is 1. The van der Waals surface area contributed by atoms with Gasteiger partial charge in [0.2, 0.25) is 0 Å². The summed E-state index contributed by atoms with van der Waals surface area (Å²) in [5.74, 6) is -0.648. The van der Waals surface area contributed by atoms with E-state index in [4.69, 9.17) is 9.26 Å². The van der Waals surface area contributed by atoms with Gasteiger partial charge in [-0.15, -0.1) is 0 Å². The van der Waals surface area contributed by atoms with Crippen molar-refractivity contribution >= 4 is 11.6 Å². The lowest BCUT2D eigenvalue weighted by molar-refractivity contribution is 0.0455. The number of nitrogens with zero attached hydrogens (tertiary/aromatic N) is 3. The molecule has 0 aliphatic heterocycles. The summed E-state index contributed by atoms with van der Waals surface area (Å²) in [7, 11) is 0. The Morgan fingerprint density at radius 3 is 2.88 bits per heavy atom. The van der Waals surface area contributed by atoms with Gasteiger partial charge in [-0.1, -0.05) is 23.4 Å². The van der Waals surface area contributed by atoms with E-state index in [0.717, 1.165) is 0 Å². The third-order valence-corrected chi connectivity index (χ3v) is 3.95. The van der Waals surface area contributed by atoms with Crippen molar-refractivity contribution in [3.63, 3.8) is 0 Å². The number of halogens is 1. The van der Waals surface area contributed by atoms with Crippen molar-refractivity contribution in [2.75, 3.05) is 0 Å². The van der Waals surface area contributed by atoms with Crippen LogP contribution in [0.1, 0.15) is 21.9 Å². The molecule has 0 aliphatic carbocycles. The summed E-state index contributed by atoms with van der Waals surface area (Å²) < 4.78 is 25.9. The average molecular weight is 351 g/mol. The van der Waals surface area contributed by atoms with Crippen LogP contribution in [-0.2, 0) is 11.3 Å². The highest BCUT2D eigenvalue weighted by Crippen LogP contribution is 2.23. The largest absolute Gasteiger partial charge is 0.454 e. The third-order valence-electron chi connectivity index (χ3n) is 3.95. The molecule has 7 heteroatoms. The van der Waals surface area contributed by atoms with Crippen molar-refractivity contribution in [2.45, 2.75) is 13.5 Å². The van der Waals surface area contributed by atoms with Crippen LogP contribution < -0.4 is 0 Å². The fourth-order valence-corrected chi connectivity index (χ4v) is 2.74. The fourth-order valence-electron chi connectivity index (χ4n) is 2.74. The second kappa shape index (κ2) is 6.44. The van der Waals surface area contributed by atoms with E-state index in [1.54, 1.807) is 41.8 Å². The molecule has 3 heterocycles. The zero-order chi connectivity index (χ0) is 18.1. The summed E-state index contributed by atoms with van der Waals surface area (Å²) in [5.41, 5.74) is 2.30. The van der Waals surface area contributed by atoms with Crippen molar-refractivity contribution in [3.8, 4) is 11.3 Å². The fraction of sp³-hybridized carbons (Fsp3) is 0.105. The van der Waals surface area contributed by atoms with Gasteiger partial charge in [0, 0.05) is 12.3 Å². The molecule has 0 unspecified atom stereocenters. The first-order valence-corrected chi connectivity index (χ1v) is 7.95. The van der Waals surface area contributed by atoms with Crippen LogP contribution >= 0.6 is 0 Å². The van der Waals surface area contributed by atoms with E-state index < -0.39 is 11.8 Å². The lowest BCUT2D eigenvalue weighted by atomic mass is 10.1. The van der Waals surface area contributed by atoms with E-state index in [-0.39, 0.29) is 12.4 Å². The van der Waals surface area contributed by atoms with E-state index in [1.165, 1.54) is 6.07 Å². The van der Waals surface area contributed by atoms with Gasteiger partial charge in [-0.3, -0.25) is 4.40 Å². The number of rotatable bonds is 4. The van der Waals surface area contributed by atoms with Crippen LogP contribution in [0.4, 0.5) is 4.39 Å². The summed E-state index contributed by atoms with van der Waals surface area (Å²) in [5, 5.41) is 3.83. The minimum atomic E-state index is -0.517. The normalized spacial score (nSPS) is 11.0. The summed E-state index contributed by atoms with van der Waals surface area (Å²) >= 11 is 0. The highest BCUT2D eigenvalue weighted by atomic mass is 19.1. The number of fused-ring (bicyclic) bond motifs is 1. The predicted octanol–water partition coefficient (Wildman–Crippen LogP) is 3.79. The van der Waals surface area contributed by atoms with Crippen molar-refractivity contribution < 1.29 is 18.4 Å². The molecule has 4 rings (SSSR count). The Hall–Kier alpha value is -3.48. The van der Waals surface area contributed by atoms with Gasteiger partial charge in [-0.05, 0) is 31.2 Å². The zero-order valence-corrected chi connectivity index (χ0v) is 13.8. The first-order valence-electron chi connectivity index (χ1n) is 7.95. The van der Waals surface area contributed by atoms with Gasteiger partial charge in [0.15, 0.2) is 11.5 Å². The molecule has 130 valence electrons. The van der Waals surface area contributed by atoms with Crippen molar-refractivity contribution in [3.05, 3.63) is 77.6 Å². The van der Waals surface area contributed by atoms with Gasteiger partial charge >= 0.3 is 5.97 Å². The van der Waals surface area contributed by atoms with Gasteiger partial charge < -0.3 is 9.26 Å². The number of carbonyl (C=O) groups excluding carboxylic acids is 1. The molecule has 0 fully saturated rings. The number of carbonyl (C=O) groups is 1. The zero-order valence-electron chi connectivity index (χ0n) is 13.8. The standard InChI is InChI=1S/C19H14FN3O3/c1-12-18(23-9-5-4-8-17(23)21-12)19(24)25-11-13-10-16(26-22-13)14-6-2-3-7-15(14)20/h2-10H,11H2,1H3. The Kier molecular flexibility index (Phi) is 3.96. The molecule has 0 saturated heterocycles. The molecule has 0 saturated carbocycles. The lowest BCUT2D eigenvalue weighted by Gasteiger charge is -2.03. The smallest absolute Gasteiger partial charge is 0.357 e. The van der Waals surface area contributed by atoms with Gasteiger partial charge in [-0.2, -0.15) is 0 Å². The molecule has 0 N–H and O–H groups in total. The molecule has 0 spiro atoms. The molecule has 26 heavy (non-hydrogen) atoms. The van der Waals surface area contributed by atoms with E-state index in [0.29, 0.717) is 28.3 Å². The van der Waals surface area contributed by atoms with Gasteiger partial charge in [-0.25, -0.2) is 14.2 Å². The van der Waals surface area contributed by atoms with Gasteiger partial charge in [0.25, 0.3) is 0 Å². The van der Waals surface area contributed by atoms with E-state index in [1.807, 2.05) is 18.2 Å². The Bertz CT molecular complexity index is 1100. The number of benzene rings is 1. The third kappa shape index (κ3) is 2.83. The Morgan fingerprint density at radius 1 is 1.23 bits per heavy atom. The van der Waals surface area contributed by atoms with Crippen LogP contribution in [0.3, 0.4) is 0 Å². The molecule has 6 nitrogen and oxygen atoms in total. The maximum Gasteiger partial charge on any atom is 0.357 e. The molecule has 0 aliphatic rings. The number of pyridine rings is 1. The van der Waals surface area contributed by atoms with Crippen LogP contribution in [0, 0.1) is 12.7 Å². The number of esters is 1. The minimum absolute atomic E-state index is 0.0870. The number of aromatic nitrogens is 3. The molecule has 0 atom stereocenters. The monoisotopic (exact) mass is 351 g/mol. The highest BCUT2D eigenvalue weighted by molar-refractivity contribution is 5.90. The van der Waals surface area contributed by atoms with Crippen LogP contribution in [0.2, 0.25) is 0 Å². The summed E-state index contributed by atoms with van der Waals surface area (Å²) in [6, 6.07) is 13.2. The molecule has 0 bridgehead atoms. The first kappa shape index (κ1) is 16.0. The summed E-state index contributed by atoms with van der Waals surface area (Å²) in [4.78, 5) is 16.8. The summed E-state index contributed by atoms with van der Waals surface area (Å²) in [6.07, 6.45) is 1.75. The number of hydrogen-bond donors (Lipinski definition) is 0. The highest BCUT2D eigenvalue weighted by Gasteiger charge is 2.19. The molecule has 4 aromatic rings. The minimum Gasteiger partial charge on any atom is -0.454 e. The lowest BCUT2D eigenvalue weighted by Crippen LogP contribution is -2.09. The van der Waals surface area contributed by atoms with E-state index in [2.05, 4.69) is 10.1 Å². The quantitative estimate of drug-likeness (QED) is 0.523. The molecular formula is C19H14FN3O3. The summed E-state index contributed by atoms with van der Waals surface area (Å²) in [6.45, 7) is 1.66. The number of ether oxygens (including phenoxy) is 1. The molecule has 0 radical (unpaired) electrons. The van der Waals surface area contributed by atoms with Crippen molar-refractivity contribution in [1.29, 1.82) is 0 Å². The second-order valence-corrected chi connectivity index (χ2v) is 5.71. The van der Waals surface area contributed by atoms with Gasteiger partial charge in [0.1, 0.15) is 23.8 Å². The van der Waals surface area contributed by atoms with Crippen molar-refractivity contribution in [2.24, 2.45) is 0 Å². The van der Waals surface area contributed by atoms with Crippen molar-refractivity contribution in [1.82, 2.24) is 14.5 Å². The SMILES string of the molecule is Cc1nc2ccccn2c1C(=O)OCc1cc(-c2ccccc2F)on1. The van der Waals surface area contributed by atoms with Gasteiger partial charge in [0.05, 0.1) is 11.3 Å². The molecular weight excluding hydrogens is 337 g/mol. The van der Waals surface area contributed by atoms with E-state index in [9.17, 15) is 9.18 Å². The number of hydrogen-bond acceptors (Lipinski definition) is 5. The predicted molar refractivity (Wildman–Crippen MR) is 90.9 cm³/mol. The maximum absolute atomic E-state index is 13.8. The van der Waals surface area contributed by atoms with Crippen LogP contribution in [0.25, 0.3) is 17.0 Å². The maximum atomic E-state index is 13.8. The van der Waals surface area contributed by atoms with Crippen LogP contribution in [0.5, 0.6) is 0 Å². The molecule has 0 amide bonds. The first-order chi connectivity index (χ1) is 12.6. The Morgan fingerprint density at radius 2 is 2.04 bits per heavy atom. The molecule has 3 aromatic heterocycles. The number of aryl methyl sites for hydroxylation is 1. The topological polar surface area (TPSA) is 69.6 Å². The second-order valence-electron chi connectivity index (χ2n) is 5.71. The van der Waals surface area contributed by atoms with E-state index >= 15 is 0 Å².